The maximum atomic E-state index is 13.7. The number of amides is 5. The Labute approximate surface area is 279 Å². The number of nitrogens with two attached hydrogens (primary N) is 5. The van der Waals surface area contributed by atoms with Gasteiger partial charge in [-0.2, -0.15) is 0 Å². The van der Waals surface area contributed by atoms with Gasteiger partial charge in [-0.15, -0.1) is 0 Å². The van der Waals surface area contributed by atoms with Crippen LogP contribution in [0.25, 0.3) is 10.8 Å². The molecule has 1 saturated heterocycles. The smallest absolute Gasteiger partial charge is 0.244 e. The summed E-state index contributed by atoms with van der Waals surface area (Å²) in [6.45, 7) is 0.194. The number of primary amides is 1. The Balaban J connectivity index is 1.90. The van der Waals surface area contributed by atoms with E-state index in [0.717, 1.165) is 16.3 Å². The Morgan fingerprint density at radius 3 is 2.13 bits per heavy atom. The average molecular weight is 688 g/mol. The van der Waals surface area contributed by atoms with Gasteiger partial charge in [0.15, 0.2) is 11.9 Å². The van der Waals surface area contributed by atoms with E-state index in [4.69, 9.17) is 28.7 Å². The summed E-state index contributed by atoms with van der Waals surface area (Å²) in [5.41, 5.74) is 27.9. The molecule has 1 aliphatic heterocycles. The van der Waals surface area contributed by atoms with Gasteiger partial charge >= 0.3 is 0 Å². The van der Waals surface area contributed by atoms with E-state index < -0.39 is 53.7 Å². The first kappa shape index (κ1) is 36.8. The second-order valence-electron chi connectivity index (χ2n) is 10.7. The Morgan fingerprint density at radius 1 is 0.787 bits per heavy atom. The second-order valence-corrected chi connectivity index (χ2v) is 13.2. The number of carbonyl (C=O) groups excluding carboxylic acids is 5. The van der Waals surface area contributed by atoms with Crippen molar-refractivity contribution in [2.45, 2.75) is 49.9 Å². The lowest BCUT2D eigenvalue weighted by Gasteiger charge is -2.27. The van der Waals surface area contributed by atoms with Crippen molar-refractivity contribution in [2.75, 3.05) is 24.6 Å². The first-order chi connectivity index (χ1) is 22.4. The highest BCUT2D eigenvalue weighted by atomic mass is 33.1. The van der Waals surface area contributed by atoms with Crippen LogP contribution in [-0.4, -0.2) is 90.2 Å². The first-order valence-corrected chi connectivity index (χ1v) is 17.2. The maximum Gasteiger partial charge on any atom is 0.244 e. The molecule has 2 aromatic carbocycles. The van der Waals surface area contributed by atoms with Crippen LogP contribution in [0.5, 0.6) is 0 Å². The van der Waals surface area contributed by atoms with Crippen LogP contribution in [0.3, 0.4) is 0 Å². The van der Waals surface area contributed by atoms with E-state index in [0.29, 0.717) is 6.42 Å². The molecule has 0 aliphatic carbocycles. The molecule has 1 aliphatic rings. The molecule has 0 spiro atoms. The number of benzene rings is 2. The lowest BCUT2D eigenvalue weighted by molar-refractivity contribution is -0.134. The van der Waals surface area contributed by atoms with Crippen LogP contribution in [0.15, 0.2) is 52.4 Å². The molecule has 3 rings (SSSR count). The minimum atomic E-state index is -1.13. The fourth-order valence-corrected chi connectivity index (χ4v) is 6.90. The number of nitrogens with one attached hydrogen (secondary N) is 4. The Morgan fingerprint density at radius 2 is 1.43 bits per heavy atom. The fourth-order valence-electron chi connectivity index (χ4n) is 4.56. The number of carbonyl (C=O) groups is 5. The molecule has 1 heterocycles. The predicted molar refractivity (Wildman–Crippen MR) is 185 cm³/mol. The Kier molecular flexibility index (Phi) is 14.4. The SMILES string of the molecule is NC(=O)[C@@H]1CSSC[C@H](NC(=O)CCN=C(N)N)C(=O)N[C@@H](CCCN=C(N)N)C(=O)N[C@H](Cc2ccc3ccccc3c2)C(=O)N1. The third-order valence-electron chi connectivity index (χ3n) is 6.96. The lowest BCUT2D eigenvalue weighted by atomic mass is 10.00. The van der Waals surface area contributed by atoms with Crippen LogP contribution in [0.2, 0.25) is 0 Å². The molecule has 47 heavy (non-hydrogen) atoms. The molecule has 2 aromatic rings. The molecule has 14 N–H and O–H groups in total. The number of nitrogens with zero attached hydrogens (tertiary/aromatic N) is 2. The highest BCUT2D eigenvalue weighted by molar-refractivity contribution is 8.76. The molecule has 0 saturated carbocycles. The summed E-state index contributed by atoms with van der Waals surface area (Å²) < 4.78 is 0. The summed E-state index contributed by atoms with van der Waals surface area (Å²) in [6, 6.07) is 8.97. The largest absolute Gasteiger partial charge is 0.370 e. The number of fused-ring (bicyclic) bond motifs is 1. The van der Waals surface area contributed by atoms with Crippen molar-refractivity contribution >= 4 is 73.8 Å². The molecular formula is C29H41N11O5S2. The summed E-state index contributed by atoms with van der Waals surface area (Å²) in [5.74, 6) is -3.33. The van der Waals surface area contributed by atoms with E-state index in [1.165, 1.54) is 21.6 Å². The van der Waals surface area contributed by atoms with Gasteiger partial charge in [0, 0.05) is 30.9 Å². The van der Waals surface area contributed by atoms with Gasteiger partial charge in [0.2, 0.25) is 29.5 Å². The van der Waals surface area contributed by atoms with E-state index in [2.05, 4.69) is 31.3 Å². The van der Waals surface area contributed by atoms with Crippen LogP contribution < -0.4 is 49.9 Å². The van der Waals surface area contributed by atoms with Gasteiger partial charge in [-0.1, -0.05) is 64.1 Å². The van der Waals surface area contributed by atoms with Crippen molar-refractivity contribution < 1.29 is 24.0 Å². The van der Waals surface area contributed by atoms with Crippen molar-refractivity contribution in [3.05, 3.63) is 48.0 Å². The van der Waals surface area contributed by atoms with Gasteiger partial charge in [-0.3, -0.25) is 34.0 Å². The van der Waals surface area contributed by atoms with Crippen LogP contribution in [-0.2, 0) is 30.4 Å². The number of aliphatic imine (C=N–C) groups is 2. The number of rotatable bonds is 11. The number of hydrogen-bond donors (Lipinski definition) is 9. The minimum absolute atomic E-state index is 0.0127. The molecule has 0 bridgehead atoms. The van der Waals surface area contributed by atoms with E-state index in [1.54, 1.807) is 0 Å². The summed E-state index contributed by atoms with van der Waals surface area (Å²) in [4.78, 5) is 73.5. The van der Waals surface area contributed by atoms with Crippen molar-refractivity contribution in [2.24, 2.45) is 38.7 Å². The summed E-state index contributed by atoms with van der Waals surface area (Å²) in [5, 5.41) is 12.7. The highest BCUT2D eigenvalue weighted by Crippen LogP contribution is 2.24. The molecule has 5 amide bonds. The third kappa shape index (κ3) is 12.5. The van der Waals surface area contributed by atoms with Gasteiger partial charge in [0.1, 0.15) is 24.2 Å². The van der Waals surface area contributed by atoms with Crippen LogP contribution in [0.4, 0.5) is 0 Å². The minimum Gasteiger partial charge on any atom is -0.370 e. The fraction of sp³-hybridized carbons (Fsp3) is 0.414. The summed E-state index contributed by atoms with van der Waals surface area (Å²) in [7, 11) is 2.37. The average Bonchev–Trinajstić information content (AvgIpc) is 3.01. The number of guanidine groups is 2. The van der Waals surface area contributed by atoms with Crippen molar-refractivity contribution in [1.82, 2.24) is 21.3 Å². The quantitative estimate of drug-likeness (QED) is 0.0535. The van der Waals surface area contributed by atoms with E-state index in [1.807, 2.05) is 42.5 Å². The van der Waals surface area contributed by atoms with Gasteiger partial charge < -0.3 is 49.9 Å². The monoisotopic (exact) mass is 687 g/mol. The first-order valence-electron chi connectivity index (χ1n) is 14.8. The van der Waals surface area contributed by atoms with Crippen LogP contribution in [0.1, 0.15) is 24.8 Å². The highest BCUT2D eigenvalue weighted by Gasteiger charge is 2.32. The third-order valence-corrected chi connectivity index (χ3v) is 9.38. The second kappa shape index (κ2) is 18.4. The summed E-state index contributed by atoms with van der Waals surface area (Å²) >= 11 is 0. The predicted octanol–water partition coefficient (Wildman–Crippen LogP) is -2.08. The molecule has 16 nitrogen and oxygen atoms in total. The summed E-state index contributed by atoms with van der Waals surface area (Å²) in [6.07, 6.45) is 0.407. The van der Waals surface area contributed by atoms with Gasteiger partial charge in [-0.05, 0) is 29.2 Å². The van der Waals surface area contributed by atoms with Gasteiger partial charge in [-0.25, -0.2) is 0 Å². The van der Waals surface area contributed by atoms with Gasteiger partial charge in [0.25, 0.3) is 0 Å². The van der Waals surface area contributed by atoms with Crippen LogP contribution >= 0.6 is 21.6 Å². The normalized spacial score (nSPS) is 20.9. The van der Waals surface area contributed by atoms with E-state index >= 15 is 0 Å². The molecular weight excluding hydrogens is 647 g/mol. The zero-order valence-electron chi connectivity index (χ0n) is 25.6. The zero-order chi connectivity index (χ0) is 34.3. The Hall–Kier alpha value is -4.71. The lowest BCUT2D eigenvalue weighted by Crippen LogP contribution is -2.59. The molecule has 1 fully saturated rings. The van der Waals surface area contributed by atoms with Crippen LogP contribution in [0, 0.1) is 0 Å². The van der Waals surface area contributed by atoms with E-state index in [9.17, 15) is 24.0 Å². The van der Waals surface area contributed by atoms with E-state index in [-0.39, 0.29) is 55.8 Å². The Bertz CT molecular complexity index is 1500. The number of hydrogen-bond acceptors (Lipinski definition) is 9. The molecule has 0 radical (unpaired) electrons. The standard InChI is InChI=1S/C29H41N11O5S2/c30-24(42)21-14-46-47-15-22(37-23(41)9-11-36-29(33)34)27(45)38-19(6-3-10-35-28(31)32)25(43)39-20(26(44)40-21)13-16-7-8-17-4-1-2-5-18(17)12-16/h1-2,4-5,7-8,12,19-22H,3,6,9-11,13-15H2,(H2,30,42)(H,37,41)(H,38,45)(H,39,43)(H,40,44)(H4,31,32,35)(H4,33,34,36)/t19-,20+,21-,22-/m0/s1. The zero-order valence-corrected chi connectivity index (χ0v) is 27.3. The van der Waals surface area contributed by atoms with Crippen molar-refractivity contribution in [1.29, 1.82) is 0 Å². The molecule has 0 aromatic heterocycles. The molecule has 18 heteroatoms. The van der Waals surface area contributed by atoms with Crippen molar-refractivity contribution in [3.63, 3.8) is 0 Å². The molecule has 254 valence electrons. The van der Waals surface area contributed by atoms with Crippen molar-refractivity contribution in [3.8, 4) is 0 Å². The van der Waals surface area contributed by atoms with Gasteiger partial charge in [0.05, 0.1) is 6.54 Å². The molecule has 0 unspecified atom stereocenters. The molecule has 4 atom stereocenters. The maximum absolute atomic E-state index is 13.7. The topological polar surface area (TPSA) is 288 Å².